The Labute approximate surface area is 206 Å². The summed E-state index contributed by atoms with van der Waals surface area (Å²) < 4.78 is 40.6. The molecule has 1 amide bonds. The zero-order valence-corrected chi connectivity index (χ0v) is 19.9. The summed E-state index contributed by atoms with van der Waals surface area (Å²) in [5.74, 6) is -2.63. The molecule has 1 aliphatic rings. The zero-order chi connectivity index (χ0) is 25.4. The molecular weight excluding hydrogens is 468 g/mol. The van der Waals surface area contributed by atoms with Gasteiger partial charge in [-0.3, -0.25) is 4.79 Å². The summed E-state index contributed by atoms with van der Waals surface area (Å²) in [6.45, 7) is 3.95. The van der Waals surface area contributed by atoms with Gasteiger partial charge in [0.25, 0.3) is 11.8 Å². The molecule has 10 heteroatoms. The number of aromatic nitrogens is 3. The van der Waals surface area contributed by atoms with Crippen LogP contribution in [-0.4, -0.2) is 32.5 Å². The van der Waals surface area contributed by atoms with Crippen LogP contribution in [0.15, 0.2) is 57.6 Å². The van der Waals surface area contributed by atoms with Gasteiger partial charge in [0.15, 0.2) is 11.6 Å². The van der Waals surface area contributed by atoms with Crippen LogP contribution in [0.25, 0.3) is 11.5 Å². The van der Waals surface area contributed by atoms with Crippen LogP contribution in [0.5, 0.6) is 0 Å². The van der Waals surface area contributed by atoms with Crippen molar-refractivity contribution >= 4 is 5.91 Å². The fourth-order valence-electron chi connectivity index (χ4n) is 4.48. The second-order valence-corrected chi connectivity index (χ2v) is 9.30. The van der Waals surface area contributed by atoms with Gasteiger partial charge in [-0.2, -0.15) is 0 Å². The Hall–Kier alpha value is -3.92. The van der Waals surface area contributed by atoms with Gasteiger partial charge < -0.3 is 19.5 Å². The minimum Gasteiger partial charge on any atom is -0.446 e. The van der Waals surface area contributed by atoms with E-state index in [4.69, 9.17) is 14.6 Å². The average Bonchev–Trinajstić information content (AvgIpc) is 3.61. The van der Waals surface area contributed by atoms with Crippen molar-refractivity contribution in [3.05, 3.63) is 89.0 Å². The van der Waals surface area contributed by atoms with Crippen molar-refractivity contribution in [2.75, 3.05) is 6.54 Å². The second-order valence-electron chi connectivity index (χ2n) is 9.30. The van der Waals surface area contributed by atoms with Crippen molar-refractivity contribution in [3.8, 4) is 11.5 Å². The molecule has 8 nitrogen and oxygen atoms in total. The number of likely N-dealkylation sites (tertiary alicyclic amines) is 1. The summed E-state index contributed by atoms with van der Waals surface area (Å²) in [7, 11) is 0. The van der Waals surface area contributed by atoms with Crippen molar-refractivity contribution in [1.29, 1.82) is 0 Å². The van der Waals surface area contributed by atoms with E-state index in [2.05, 4.69) is 15.2 Å². The summed E-state index contributed by atoms with van der Waals surface area (Å²) in [6, 6.07) is 11.2. The van der Waals surface area contributed by atoms with E-state index < -0.39 is 23.1 Å². The Morgan fingerprint density at radius 3 is 2.72 bits per heavy atom. The highest BCUT2D eigenvalue weighted by Gasteiger charge is 2.35. The lowest BCUT2D eigenvalue weighted by atomic mass is 9.94. The number of benzene rings is 2. The van der Waals surface area contributed by atoms with E-state index in [1.54, 1.807) is 18.7 Å². The minimum atomic E-state index is -1.20. The number of amides is 1. The smallest absolute Gasteiger partial charge is 0.254 e. The summed E-state index contributed by atoms with van der Waals surface area (Å²) in [5, 5.41) is 7.90. The molecule has 0 unspecified atom stereocenters. The van der Waals surface area contributed by atoms with Crippen LogP contribution in [0.2, 0.25) is 0 Å². The van der Waals surface area contributed by atoms with Gasteiger partial charge in [0.1, 0.15) is 12.3 Å². The molecule has 1 saturated heterocycles. The summed E-state index contributed by atoms with van der Waals surface area (Å²) in [6.07, 6.45) is 3.30. The third-order valence-corrected chi connectivity index (χ3v) is 6.27. The molecule has 2 aromatic carbocycles. The third-order valence-electron chi connectivity index (χ3n) is 6.27. The lowest BCUT2D eigenvalue weighted by Crippen LogP contribution is -2.35. The molecular formula is C26H25F2N5O3. The van der Waals surface area contributed by atoms with Crippen LogP contribution >= 0.6 is 0 Å². The topological polar surface area (TPSA) is 111 Å². The fraction of sp³-hybridized carbons (Fsp3) is 0.308. The minimum absolute atomic E-state index is 0.0429. The highest BCUT2D eigenvalue weighted by Crippen LogP contribution is 2.34. The molecule has 36 heavy (non-hydrogen) atoms. The molecule has 2 atom stereocenters. The first-order chi connectivity index (χ1) is 17.2. The van der Waals surface area contributed by atoms with Crippen molar-refractivity contribution in [1.82, 2.24) is 20.1 Å². The van der Waals surface area contributed by atoms with Gasteiger partial charge in [-0.05, 0) is 50.8 Å². The number of carbonyl (C=O) groups is 1. The predicted octanol–water partition coefficient (Wildman–Crippen LogP) is 4.71. The molecule has 0 radical (unpaired) electrons. The lowest BCUT2D eigenvalue weighted by molar-refractivity contribution is 0.0715. The first-order valence-electron chi connectivity index (χ1n) is 11.6. The number of hydrogen-bond acceptors (Lipinski definition) is 7. The van der Waals surface area contributed by atoms with E-state index in [0.29, 0.717) is 31.0 Å². The van der Waals surface area contributed by atoms with Gasteiger partial charge in [0.2, 0.25) is 11.8 Å². The number of aryl methyl sites for hydroxylation is 1. The van der Waals surface area contributed by atoms with Crippen molar-refractivity contribution in [2.24, 2.45) is 5.73 Å². The van der Waals surface area contributed by atoms with E-state index in [9.17, 15) is 13.6 Å². The number of oxazole rings is 1. The normalized spacial score (nSPS) is 17.4. The van der Waals surface area contributed by atoms with Gasteiger partial charge in [0, 0.05) is 12.1 Å². The van der Waals surface area contributed by atoms with Crippen molar-refractivity contribution in [2.45, 2.75) is 44.7 Å². The SMILES string of the molecule is Cc1coc([C@H]2CCCN2C(=O)c2cc(F)c(F)c(-c3nnc([C@](C)(N)Cc4ccccc4)o3)c2)n1. The number of carbonyl (C=O) groups excluding carboxylic acids is 1. The number of halogens is 2. The number of hydrogen-bond donors (Lipinski definition) is 1. The number of nitrogens with zero attached hydrogens (tertiary/aromatic N) is 4. The molecule has 1 fully saturated rings. The number of rotatable bonds is 6. The standard InChI is InChI=1S/C26H25F2N5O3/c1-15-14-35-23(30-15)20-9-6-10-33(20)24(34)17-11-18(21(28)19(27)12-17)22-31-32-25(36-22)26(2,29)13-16-7-4-3-5-8-16/h3-5,7-8,11-12,14,20H,6,9-10,13,29H2,1-2H3/t20-,26-/m1/s1. The van der Waals surface area contributed by atoms with Gasteiger partial charge in [-0.25, -0.2) is 13.8 Å². The lowest BCUT2D eigenvalue weighted by Gasteiger charge is -2.22. The van der Waals surface area contributed by atoms with Crippen molar-refractivity contribution < 1.29 is 22.4 Å². The summed E-state index contributed by atoms with van der Waals surface area (Å²) in [4.78, 5) is 19.2. The molecule has 0 bridgehead atoms. The van der Waals surface area contributed by atoms with E-state index in [1.807, 2.05) is 30.3 Å². The van der Waals surface area contributed by atoms with Crippen LogP contribution in [0.4, 0.5) is 8.78 Å². The predicted molar refractivity (Wildman–Crippen MR) is 126 cm³/mol. The Morgan fingerprint density at radius 1 is 1.22 bits per heavy atom. The van der Waals surface area contributed by atoms with Crippen LogP contribution in [0, 0.1) is 18.6 Å². The molecule has 0 spiro atoms. The maximum Gasteiger partial charge on any atom is 0.254 e. The van der Waals surface area contributed by atoms with E-state index >= 15 is 0 Å². The van der Waals surface area contributed by atoms with Gasteiger partial charge in [-0.15, -0.1) is 10.2 Å². The average molecular weight is 494 g/mol. The number of nitrogens with two attached hydrogens (primary N) is 1. The van der Waals surface area contributed by atoms with Crippen LogP contribution in [-0.2, 0) is 12.0 Å². The molecule has 0 aliphatic carbocycles. The highest BCUT2D eigenvalue weighted by molar-refractivity contribution is 5.95. The quantitative estimate of drug-likeness (QED) is 0.414. The Bertz CT molecular complexity index is 1400. The molecule has 1 aliphatic heterocycles. The van der Waals surface area contributed by atoms with E-state index in [1.165, 1.54) is 12.3 Å². The van der Waals surface area contributed by atoms with Crippen molar-refractivity contribution in [3.63, 3.8) is 0 Å². The van der Waals surface area contributed by atoms with E-state index in [0.717, 1.165) is 18.1 Å². The maximum absolute atomic E-state index is 14.8. The maximum atomic E-state index is 14.8. The first-order valence-corrected chi connectivity index (χ1v) is 11.6. The molecule has 2 N–H and O–H groups in total. The van der Waals surface area contributed by atoms with Gasteiger partial charge in [-0.1, -0.05) is 30.3 Å². The third kappa shape index (κ3) is 4.51. The molecule has 3 heterocycles. The monoisotopic (exact) mass is 493 g/mol. The molecule has 2 aromatic heterocycles. The van der Waals surface area contributed by atoms with Crippen LogP contribution in [0.3, 0.4) is 0 Å². The second kappa shape index (κ2) is 9.27. The Morgan fingerprint density at radius 2 is 2.00 bits per heavy atom. The van der Waals surface area contributed by atoms with Crippen LogP contribution < -0.4 is 5.73 Å². The van der Waals surface area contributed by atoms with Gasteiger partial charge >= 0.3 is 0 Å². The summed E-state index contributed by atoms with van der Waals surface area (Å²) in [5.41, 5.74) is 6.67. The molecule has 186 valence electrons. The summed E-state index contributed by atoms with van der Waals surface area (Å²) >= 11 is 0. The van der Waals surface area contributed by atoms with Gasteiger partial charge in [0.05, 0.1) is 16.8 Å². The molecule has 4 aromatic rings. The largest absolute Gasteiger partial charge is 0.446 e. The first kappa shape index (κ1) is 23.8. The highest BCUT2D eigenvalue weighted by atomic mass is 19.2. The van der Waals surface area contributed by atoms with Crippen LogP contribution in [0.1, 0.15) is 59.2 Å². The van der Waals surface area contributed by atoms with E-state index in [-0.39, 0.29) is 29.0 Å². The Kier molecular flexibility index (Phi) is 6.13. The molecule has 5 rings (SSSR count). The molecule has 0 saturated carbocycles. The fourth-order valence-corrected chi connectivity index (χ4v) is 4.48. The zero-order valence-electron chi connectivity index (χ0n) is 19.9. The Balaban J connectivity index is 1.44.